The van der Waals surface area contributed by atoms with Gasteiger partial charge < -0.3 is 14.6 Å². The smallest absolute Gasteiger partial charge is 0.275 e. The van der Waals surface area contributed by atoms with E-state index in [0.29, 0.717) is 52.8 Å². The Bertz CT molecular complexity index is 1280. The molecule has 5 heterocycles. The van der Waals surface area contributed by atoms with Crippen LogP contribution in [0.1, 0.15) is 47.0 Å². The number of halogens is 1. The lowest BCUT2D eigenvalue weighted by Gasteiger charge is -2.37. The van der Waals surface area contributed by atoms with E-state index in [1.165, 1.54) is 11.3 Å². The van der Waals surface area contributed by atoms with Crippen LogP contribution in [-0.4, -0.2) is 49.9 Å². The molecule has 4 aliphatic rings. The maximum absolute atomic E-state index is 14.3. The van der Waals surface area contributed by atoms with Crippen LogP contribution in [0.25, 0.3) is 10.6 Å². The predicted octanol–water partition coefficient (Wildman–Crippen LogP) is 2.31. The van der Waals surface area contributed by atoms with Gasteiger partial charge in [-0.3, -0.25) is 14.9 Å². The number of pyridine rings is 1. The Labute approximate surface area is 187 Å². The van der Waals surface area contributed by atoms with Crippen molar-refractivity contribution < 1.29 is 14.3 Å². The first kappa shape index (κ1) is 19.8. The fourth-order valence-corrected chi connectivity index (χ4v) is 6.29. The van der Waals surface area contributed by atoms with Gasteiger partial charge in [0.25, 0.3) is 5.91 Å². The van der Waals surface area contributed by atoms with Crippen molar-refractivity contribution in [3.8, 4) is 16.3 Å². The first-order valence-electron chi connectivity index (χ1n) is 10.9. The molecular formula is C22H22FN5O3S. The number of aromatic nitrogens is 3. The molecule has 1 amide bonds. The monoisotopic (exact) mass is 455 g/mol. The van der Waals surface area contributed by atoms with Gasteiger partial charge in [0.2, 0.25) is 5.43 Å². The quantitative estimate of drug-likeness (QED) is 0.737. The summed E-state index contributed by atoms with van der Waals surface area (Å²) in [5.41, 5.74) is 1.09. The summed E-state index contributed by atoms with van der Waals surface area (Å²) in [4.78, 5) is 27.9. The number of fused-ring (bicyclic) bond motifs is 2. The Balaban J connectivity index is 1.42. The van der Waals surface area contributed by atoms with E-state index in [2.05, 4.69) is 15.5 Å². The molecule has 0 spiro atoms. The van der Waals surface area contributed by atoms with E-state index in [0.717, 1.165) is 12.8 Å². The minimum absolute atomic E-state index is 0.0357. The highest BCUT2D eigenvalue weighted by Gasteiger charge is 2.47. The highest BCUT2D eigenvalue weighted by atomic mass is 32.1. The zero-order valence-corrected chi connectivity index (χ0v) is 18.3. The number of hydrogen-bond acceptors (Lipinski definition) is 7. The summed E-state index contributed by atoms with van der Waals surface area (Å²) in [6, 6.07) is -0.0357. The molecule has 166 valence electrons. The van der Waals surface area contributed by atoms with Gasteiger partial charge in [0.15, 0.2) is 16.5 Å². The molecule has 1 fully saturated rings. The van der Waals surface area contributed by atoms with Gasteiger partial charge in [-0.05, 0) is 36.8 Å². The van der Waals surface area contributed by atoms with E-state index in [1.54, 1.807) is 11.0 Å². The number of carbonyl (C=O) groups excluding carboxylic acids is 1. The van der Waals surface area contributed by atoms with Crippen LogP contribution in [0.15, 0.2) is 28.3 Å². The molecule has 10 heteroatoms. The highest BCUT2D eigenvalue weighted by Crippen LogP contribution is 2.43. The molecule has 8 nitrogen and oxygen atoms in total. The van der Waals surface area contributed by atoms with Crippen molar-refractivity contribution in [1.82, 2.24) is 25.0 Å². The van der Waals surface area contributed by atoms with E-state index >= 15 is 0 Å². The lowest BCUT2D eigenvalue weighted by atomic mass is 9.96. The molecule has 0 radical (unpaired) electrons. The molecule has 0 aromatic carbocycles. The van der Waals surface area contributed by atoms with Crippen LogP contribution in [0, 0.1) is 5.92 Å². The summed E-state index contributed by atoms with van der Waals surface area (Å²) in [6.07, 6.45) is 5.82. The van der Waals surface area contributed by atoms with Crippen molar-refractivity contribution in [3.63, 3.8) is 0 Å². The van der Waals surface area contributed by atoms with Crippen molar-refractivity contribution in [2.24, 2.45) is 5.92 Å². The number of carbonyl (C=O) groups is 1. The van der Waals surface area contributed by atoms with Crippen LogP contribution in [-0.2, 0) is 12.8 Å². The number of aromatic hydroxyl groups is 1. The van der Waals surface area contributed by atoms with E-state index in [-0.39, 0.29) is 35.6 Å². The van der Waals surface area contributed by atoms with Gasteiger partial charge in [-0.25, -0.2) is 4.39 Å². The number of amides is 1. The number of allylic oxidation sites excluding steroid dienone is 4. The average molecular weight is 456 g/mol. The fourth-order valence-electron chi connectivity index (χ4n) is 5.36. The van der Waals surface area contributed by atoms with Gasteiger partial charge in [-0.2, -0.15) is 0 Å². The summed E-state index contributed by atoms with van der Waals surface area (Å²) in [6.45, 7) is 3.21. The van der Waals surface area contributed by atoms with E-state index < -0.39 is 11.2 Å². The van der Waals surface area contributed by atoms with E-state index in [9.17, 15) is 19.1 Å². The molecule has 2 N–H and O–H groups in total. The minimum Gasteiger partial charge on any atom is -0.503 e. The normalized spacial score (nSPS) is 26.1. The van der Waals surface area contributed by atoms with Gasteiger partial charge in [0.1, 0.15) is 17.0 Å². The second kappa shape index (κ2) is 7.08. The number of nitrogens with zero attached hydrogens (tertiary/aromatic N) is 4. The van der Waals surface area contributed by atoms with Crippen molar-refractivity contribution >= 4 is 17.2 Å². The van der Waals surface area contributed by atoms with Crippen LogP contribution >= 0.6 is 11.3 Å². The van der Waals surface area contributed by atoms with E-state index in [4.69, 9.17) is 0 Å². The van der Waals surface area contributed by atoms with Gasteiger partial charge in [-0.15, -0.1) is 10.2 Å². The Morgan fingerprint density at radius 2 is 2.19 bits per heavy atom. The van der Waals surface area contributed by atoms with Crippen molar-refractivity contribution in [2.75, 3.05) is 13.1 Å². The molecule has 3 aliphatic heterocycles. The largest absolute Gasteiger partial charge is 0.503 e. The van der Waals surface area contributed by atoms with Crippen LogP contribution in [0.5, 0.6) is 5.75 Å². The van der Waals surface area contributed by atoms with Gasteiger partial charge in [0, 0.05) is 25.2 Å². The number of hydrogen-bond donors (Lipinski definition) is 2. The fraction of sp³-hybridized carbons (Fsp3) is 0.455. The lowest BCUT2D eigenvalue weighted by Crippen LogP contribution is -2.51. The molecule has 32 heavy (non-hydrogen) atoms. The standard InChI is InChI=1S/C22H22FN5O3S/c1-10-2-3-11(12(23)8-10)9-15-25-26-21(32-15)16-13-4-5-14-20-24-6-7-27(20)22(31)17(28(13)14)19(30)18(16)29/h3,8,10,14,20,24,30H,2,4-7,9H2,1H3. The third-order valence-electron chi connectivity index (χ3n) is 6.86. The molecule has 0 bridgehead atoms. The van der Waals surface area contributed by atoms with Gasteiger partial charge >= 0.3 is 0 Å². The summed E-state index contributed by atoms with van der Waals surface area (Å²) in [7, 11) is 0. The van der Waals surface area contributed by atoms with Gasteiger partial charge in [0.05, 0.1) is 11.6 Å². The molecule has 0 saturated carbocycles. The molecular weight excluding hydrogens is 433 g/mol. The van der Waals surface area contributed by atoms with Crippen molar-refractivity contribution in [3.05, 3.63) is 50.2 Å². The molecule has 3 unspecified atom stereocenters. The Morgan fingerprint density at radius 3 is 3.00 bits per heavy atom. The van der Waals surface area contributed by atoms with Crippen LogP contribution < -0.4 is 10.7 Å². The van der Waals surface area contributed by atoms with E-state index in [1.807, 2.05) is 17.6 Å². The molecule has 1 saturated heterocycles. The molecule has 1 aliphatic carbocycles. The topological polar surface area (TPSA) is 100 Å². The molecule has 3 atom stereocenters. The first-order valence-corrected chi connectivity index (χ1v) is 11.7. The SMILES string of the molecule is CC1C=C(F)C(Cc2nnc(-c3c4n5c(c(O)c3=O)C(=O)N3CCNC3C5CC4)s2)=CC1. The highest BCUT2D eigenvalue weighted by molar-refractivity contribution is 7.14. The Hall–Kier alpha value is -2.85. The van der Waals surface area contributed by atoms with Crippen LogP contribution in [0.4, 0.5) is 4.39 Å². The molecule has 2 aromatic heterocycles. The zero-order valence-electron chi connectivity index (χ0n) is 17.5. The predicted molar refractivity (Wildman–Crippen MR) is 116 cm³/mol. The van der Waals surface area contributed by atoms with Crippen molar-refractivity contribution in [2.45, 2.75) is 44.8 Å². The summed E-state index contributed by atoms with van der Waals surface area (Å²) in [5.74, 6) is -0.909. The second-order valence-electron chi connectivity index (χ2n) is 8.86. The average Bonchev–Trinajstić information content (AvgIpc) is 3.50. The Morgan fingerprint density at radius 1 is 1.34 bits per heavy atom. The first-order chi connectivity index (χ1) is 15.4. The maximum atomic E-state index is 14.3. The van der Waals surface area contributed by atoms with Gasteiger partial charge in [-0.1, -0.05) is 24.3 Å². The Kier molecular flexibility index (Phi) is 4.38. The number of rotatable bonds is 3. The van der Waals surface area contributed by atoms with Crippen molar-refractivity contribution in [1.29, 1.82) is 0 Å². The lowest BCUT2D eigenvalue weighted by molar-refractivity contribution is 0.0593. The third-order valence-corrected chi connectivity index (χ3v) is 7.80. The zero-order chi connectivity index (χ0) is 22.1. The third kappa shape index (κ3) is 2.75. The summed E-state index contributed by atoms with van der Waals surface area (Å²) < 4.78 is 16.1. The minimum atomic E-state index is -0.592. The summed E-state index contributed by atoms with van der Waals surface area (Å²) >= 11 is 1.23. The molecule has 2 aromatic rings. The summed E-state index contributed by atoms with van der Waals surface area (Å²) in [5, 5.41) is 23.5. The molecule has 6 rings (SSSR count). The van der Waals surface area contributed by atoms with Crippen LogP contribution in [0.2, 0.25) is 0 Å². The maximum Gasteiger partial charge on any atom is 0.275 e. The second-order valence-corrected chi connectivity index (χ2v) is 9.92. The number of nitrogens with one attached hydrogen (secondary N) is 1. The van der Waals surface area contributed by atoms with Crippen LogP contribution in [0.3, 0.4) is 0 Å².